The summed E-state index contributed by atoms with van der Waals surface area (Å²) < 4.78 is 0. The number of nitrogens with one attached hydrogen (secondary N) is 1. The molecule has 2 unspecified atom stereocenters. The van der Waals surface area contributed by atoms with Crippen molar-refractivity contribution in [2.24, 2.45) is 5.92 Å². The van der Waals surface area contributed by atoms with Gasteiger partial charge in [0.1, 0.15) is 5.82 Å². The number of nitrogens with zero attached hydrogens (tertiary/aromatic N) is 2. The van der Waals surface area contributed by atoms with E-state index in [9.17, 15) is 0 Å². The molecule has 3 rings (SSSR count). The largest absolute Gasteiger partial charge is 0.356 e. The summed E-state index contributed by atoms with van der Waals surface area (Å²) >= 11 is 0. The molecule has 2 aliphatic carbocycles. The zero-order valence-electron chi connectivity index (χ0n) is 12.8. The zero-order valence-corrected chi connectivity index (χ0v) is 12.8. The predicted molar refractivity (Wildman–Crippen MR) is 83.9 cm³/mol. The second-order valence-electron chi connectivity index (χ2n) is 6.68. The maximum Gasteiger partial charge on any atom is 0.132 e. The van der Waals surface area contributed by atoms with Gasteiger partial charge >= 0.3 is 0 Å². The third-order valence-electron chi connectivity index (χ3n) is 4.82. The van der Waals surface area contributed by atoms with Crippen LogP contribution in [0.2, 0.25) is 0 Å². The van der Waals surface area contributed by atoms with Crippen LogP contribution in [0.25, 0.3) is 0 Å². The molecular formula is C17H27N3. The second kappa shape index (κ2) is 6.13. The first-order valence-electron chi connectivity index (χ1n) is 8.14. The fourth-order valence-electron chi connectivity index (χ4n) is 3.35. The molecule has 3 heteroatoms. The minimum Gasteiger partial charge on any atom is -0.356 e. The van der Waals surface area contributed by atoms with E-state index in [1.165, 1.54) is 49.9 Å². The van der Waals surface area contributed by atoms with E-state index in [2.05, 4.69) is 41.3 Å². The van der Waals surface area contributed by atoms with E-state index in [-0.39, 0.29) is 0 Å². The molecule has 20 heavy (non-hydrogen) atoms. The van der Waals surface area contributed by atoms with E-state index in [1.54, 1.807) is 0 Å². The van der Waals surface area contributed by atoms with Crippen molar-refractivity contribution in [1.29, 1.82) is 0 Å². The fraction of sp³-hybridized carbons (Fsp3) is 0.706. The van der Waals surface area contributed by atoms with Crippen LogP contribution in [0.15, 0.2) is 18.3 Å². The number of aromatic nitrogens is 1. The molecule has 0 bridgehead atoms. The summed E-state index contributed by atoms with van der Waals surface area (Å²) in [5.41, 5.74) is 1.35. The number of hydrogen-bond donors (Lipinski definition) is 1. The summed E-state index contributed by atoms with van der Waals surface area (Å²) in [6.45, 7) is 3.34. The maximum absolute atomic E-state index is 4.66. The molecule has 1 N–H and O–H groups in total. The van der Waals surface area contributed by atoms with Gasteiger partial charge in [-0.2, -0.15) is 0 Å². The van der Waals surface area contributed by atoms with Crippen molar-refractivity contribution in [3.63, 3.8) is 0 Å². The van der Waals surface area contributed by atoms with Gasteiger partial charge in [0.15, 0.2) is 0 Å². The molecule has 0 aromatic carbocycles. The lowest BCUT2D eigenvalue weighted by Crippen LogP contribution is -2.37. The van der Waals surface area contributed by atoms with Crippen molar-refractivity contribution in [2.75, 3.05) is 11.9 Å². The van der Waals surface area contributed by atoms with Crippen LogP contribution in [0, 0.1) is 5.92 Å². The number of anilines is 1. The molecule has 0 amide bonds. The van der Waals surface area contributed by atoms with Crippen molar-refractivity contribution in [3.8, 4) is 0 Å². The van der Waals surface area contributed by atoms with Crippen LogP contribution in [0.5, 0.6) is 0 Å². The molecule has 1 aromatic rings. The third kappa shape index (κ3) is 3.32. The highest BCUT2D eigenvalue weighted by molar-refractivity contribution is 5.47. The summed E-state index contributed by atoms with van der Waals surface area (Å²) in [6, 6.07) is 5.70. The third-order valence-corrected chi connectivity index (χ3v) is 4.82. The Hall–Kier alpha value is -1.09. The molecule has 0 spiro atoms. The Kier molecular flexibility index (Phi) is 4.25. The molecule has 110 valence electrons. The highest BCUT2D eigenvalue weighted by atomic mass is 15.2. The second-order valence-corrected chi connectivity index (χ2v) is 6.68. The summed E-state index contributed by atoms with van der Waals surface area (Å²) in [5, 5.41) is 3.61. The first-order chi connectivity index (χ1) is 9.74. The van der Waals surface area contributed by atoms with Crippen molar-refractivity contribution in [1.82, 2.24) is 10.3 Å². The Morgan fingerprint density at radius 2 is 2.15 bits per heavy atom. The zero-order chi connectivity index (χ0) is 13.9. The Balaban J connectivity index is 1.70. The van der Waals surface area contributed by atoms with Crippen LogP contribution in [-0.4, -0.2) is 24.1 Å². The summed E-state index contributed by atoms with van der Waals surface area (Å²) in [7, 11) is 2.23. The SMILES string of the molecule is CC1CCCC(N(C)c2ncccc2CNC2CC2)C1. The maximum atomic E-state index is 4.66. The molecule has 2 fully saturated rings. The average Bonchev–Trinajstić information content (AvgIpc) is 3.29. The van der Waals surface area contributed by atoms with Crippen molar-refractivity contribution in [2.45, 2.75) is 64.1 Å². The van der Waals surface area contributed by atoms with Gasteiger partial charge in [-0.05, 0) is 37.7 Å². The topological polar surface area (TPSA) is 28.2 Å². The molecule has 2 atom stereocenters. The van der Waals surface area contributed by atoms with Gasteiger partial charge in [0, 0.05) is 37.4 Å². The number of pyridine rings is 1. The molecular weight excluding hydrogens is 246 g/mol. The Labute approximate surface area is 122 Å². The van der Waals surface area contributed by atoms with Crippen LogP contribution < -0.4 is 10.2 Å². The molecule has 0 aliphatic heterocycles. The van der Waals surface area contributed by atoms with Crippen molar-refractivity contribution >= 4 is 5.82 Å². The normalized spacial score (nSPS) is 26.5. The van der Waals surface area contributed by atoms with Gasteiger partial charge < -0.3 is 10.2 Å². The van der Waals surface area contributed by atoms with E-state index < -0.39 is 0 Å². The lowest BCUT2D eigenvalue weighted by Gasteiger charge is -2.35. The monoisotopic (exact) mass is 273 g/mol. The van der Waals surface area contributed by atoms with E-state index in [0.29, 0.717) is 6.04 Å². The molecule has 2 aliphatic rings. The van der Waals surface area contributed by atoms with Crippen molar-refractivity contribution in [3.05, 3.63) is 23.9 Å². The molecule has 3 nitrogen and oxygen atoms in total. The first-order valence-corrected chi connectivity index (χ1v) is 8.14. The predicted octanol–water partition coefficient (Wildman–Crippen LogP) is 3.35. The molecule has 2 saturated carbocycles. The van der Waals surface area contributed by atoms with E-state index in [4.69, 9.17) is 0 Å². The Bertz CT molecular complexity index is 442. The smallest absolute Gasteiger partial charge is 0.132 e. The molecule has 0 saturated heterocycles. The van der Waals surface area contributed by atoms with Crippen LogP contribution in [-0.2, 0) is 6.54 Å². The standard InChI is InChI=1S/C17H27N3/c1-13-5-3-7-16(11-13)20(2)17-14(6-4-10-18-17)12-19-15-8-9-15/h4,6,10,13,15-16,19H,3,5,7-9,11-12H2,1-2H3. The average molecular weight is 273 g/mol. The van der Waals surface area contributed by atoms with Gasteiger partial charge in [0.25, 0.3) is 0 Å². The van der Waals surface area contributed by atoms with E-state index in [0.717, 1.165) is 18.5 Å². The van der Waals surface area contributed by atoms with Crippen LogP contribution in [0.3, 0.4) is 0 Å². The fourth-order valence-corrected chi connectivity index (χ4v) is 3.35. The van der Waals surface area contributed by atoms with Gasteiger partial charge in [-0.15, -0.1) is 0 Å². The minimum atomic E-state index is 0.660. The lowest BCUT2D eigenvalue weighted by atomic mass is 9.86. The highest BCUT2D eigenvalue weighted by Crippen LogP contribution is 2.30. The van der Waals surface area contributed by atoms with Crippen LogP contribution in [0.1, 0.15) is 51.0 Å². The molecule has 1 heterocycles. The molecule has 0 radical (unpaired) electrons. The summed E-state index contributed by atoms with van der Waals surface area (Å²) in [6.07, 6.45) is 9.98. The highest BCUT2D eigenvalue weighted by Gasteiger charge is 2.25. The first kappa shape index (κ1) is 13.9. The van der Waals surface area contributed by atoms with Gasteiger partial charge in [0.05, 0.1) is 0 Å². The molecule has 1 aromatic heterocycles. The lowest BCUT2D eigenvalue weighted by molar-refractivity contribution is 0.335. The quantitative estimate of drug-likeness (QED) is 0.891. The van der Waals surface area contributed by atoms with Gasteiger partial charge in [-0.1, -0.05) is 25.8 Å². The number of rotatable bonds is 5. The van der Waals surface area contributed by atoms with Crippen LogP contribution in [0.4, 0.5) is 5.82 Å². The summed E-state index contributed by atoms with van der Waals surface area (Å²) in [4.78, 5) is 7.09. The number of hydrogen-bond acceptors (Lipinski definition) is 3. The van der Waals surface area contributed by atoms with Crippen LogP contribution >= 0.6 is 0 Å². The van der Waals surface area contributed by atoms with E-state index in [1.807, 2.05) is 6.20 Å². The Morgan fingerprint density at radius 1 is 1.30 bits per heavy atom. The Morgan fingerprint density at radius 3 is 2.90 bits per heavy atom. The minimum absolute atomic E-state index is 0.660. The van der Waals surface area contributed by atoms with Gasteiger partial charge in [-0.25, -0.2) is 4.98 Å². The van der Waals surface area contributed by atoms with Gasteiger partial charge in [-0.3, -0.25) is 0 Å². The van der Waals surface area contributed by atoms with Crippen molar-refractivity contribution < 1.29 is 0 Å². The summed E-state index contributed by atoms with van der Waals surface area (Å²) in [5.74, 6) is 2.03. The van der Waals surface area contributed by atoms with E-state index >= 15 is 0 Å². The van der Waals surface area contributed by atoms with Gasteiger partial charge in [0.2, 0.25) is 0 Å².